The SMILES string of the molecule is CCNC(c1cc(Br)c(Cl)s1)c1nc(C(C)(C)C)cs1. The van der Waals surface area contributed by atoms with Gasteiger partial charge in [0, 0.05) is 20.1 Å². The van der Waals surface area contributed by atoms with E-state index in [1.165, 1.54) is 4.88 Å². The van der Waals surface area contributed by atoms with Gasteiger partial charge in [0.2, 0.25) is 0 Å². The summed E-state index contributed by atoms with van der Waals surface area (Å²) in [6, 6.07) is 2.20. The summed E-state index contributed by atoms with van der Waals surface area (Å²) in [6.45, 7) is 9.56. The van der Waals surface area contributed by atoms with Gasteiger partial charge in [-0.2, -0.15) is 0 Å². The molecule has 0 aliphatic rings. The lowest BCUT2D eigenvalue weighted by Gasteiger charge is -2.16. The lowest BCUT2D eigenvalue weighted by atomic mass is 9.93. The van der Waals surface area contributed by atoms with Gasteiger partial charge >= 0.3 is 0 Å². The molecule has 1 unspecified atom stereocenters. The fourth-order valence-electron chi connectivity index (χ4n) is 1.78. The number of nitrogens with one attached hydrogen (secondary N) is 1. The first kappa shape index (κ1) is 16.4. The van der Waals surface area contributed by atoms with Gasteiger partial charge in [-0.05, 0) is 28.5 Å². The largest absolute Gasteiger partial charge is 0.304 e. The van der Waals surface area contributed by atoms with Crippen molar-refractivity contribution in [2.75, 3.05) is 6.54 Å². The molecular formula is C14H18BrClN2S2. The second-order valence-corrected chi connectivity index (χ2v) is 9.01. The van der Waals surface area contributed by atoms with Crippen LogP contribution in [0.1, 0.15) is 49.3 Å². The highest BCUT2D eigenvalue weighted by Gasteiger charge is 2.23. The highest BCUT2D eigenvalue weighted by molar-refractivity contribution is 9.10. The molecule has 0 amide bonds. The van der Waals surface area contributed by atoms with Gasteiger partial charge in [0.05, 0.1) is 11.7 Å². The van der Waals surface area contributed by atoms with Gasteiger partial charge in [-0.25, -0.2) is 4.98 Å². The Morgan fingerprint density at radius 1 is 1.45 bits per heavy atom. The fourth-order valence-corrected chi connectivity index (χ4v) is 4.81. The predicted molar refractivity (Wildman–Crippen MR) is 93.4 cm³/mol. The highest BCUT2D eigenvalue weighted by atomic mass is 79.9. The number of thiophene rings is 1. The Balaban J connectivity index is 2.36. The summed E-state index contributed by atoms with van der Waals surface area (Å²) in [5.74, 6) is 0. The van der Waals surface area contributed by atoms with Crippen molar-refractivity contribution in [3.63, 3.8) is 0 Å². The smallest absolute Gasteiger partial charge is 0.115 e. The maximum atomic E-state index is 6.17. The molecule has 0 saturated heterocycles. The van der Waals surface area contributed by atoms with Gasteiger partial charge in [-0.3, -0.25) is 0 Å². The number of hydrogen-bond acceptors (Lipinski definition) is 4. The van der Waals surface area contributed by atoms with E-state index in [1.54, 1.807) is 22.7 Å². The van der Waals surface area contributed by atoms with E-state index in [1.807, 2.05) is 0 Å². The Labute approximate surface area is 141 Å². The summed E-state index contributed by atoms with van der Waals surface area (Å²) in [7, 11) is 0. The lowest BCUT2D eigenvalue weighted by Crippen LogP contribution is -2.21. The van der Waals surface area contributed by atoms with Gasteiger partial charge in [-0.1, -0.05) is 39.3 Å². The van der Waals surface area contributed by atoms with Crippen molar-refractivity contribution in [2.45, 2.75) is 39.2 Å². The highest BCUT2D eigenvalue weighted by Crippen LogP contribution is 2.38. The number of aromatic nitrogens is 1. The van der Waals surface area contributed by atoms with Gasteiger partial charge in [0.25, 0.3) is 0 Å². The molecule has 0 radical (unpaired) electrons. The number of thiazole rings is 1. The normalized spacial score (nSPS) is 13.7. The Morgan fingerprint density at radius 2 is 2.15 bits per heavy atom. The van der Waals surface area contributed by atoms with Crippen LogP contribution in [0.15, 0.2) is 15.9 Å². The molecule has 2 aromatic heterocycles. The third kappa shape index (κ3) is 3.63. The standard InChI is InChI=1S/C14H18BrClN2S2/c1-5-17-11(9-6-8(15)12(16)20-9)13-18-10(7-19-13)14(2,3)4/h6-7,11,17H,5H2,1-4H3. The van der Waals surface area contributed by atoms with E-state index in [-0.39, 0.29) is 11.5 Å². The maximum Gasteiger partial charge on any atom is 0.115 e. The van der Waals surface area contributed by atoms with Gasteiger partial charge in [0.1, 0.15) is 9.34 Å². The first-order valence-electron chi connectivity index (χ1n) is 6.47. The zero-order valence-corrected chi connectivity index (χ0v) is 15.9. The molecule has 1 N–H and O–H groups in total. The summed E-state index contributed by atoms with van der Waals surface area (Å²) in [5, 5.41) is 6.76. The summed E-state index contributed by atoms with van der Waals surface area (Å²) >= 11 is 13.0. The van der Waals surface area contributed by atoms with E-state index in [4.69, 9.17) is 16.6 Å². The molecule has 1 atom stereocenters. The van der Waals surface area contributed by atoms with Gasteiger partial charge < -0.3 is 5.32 Å². The topological polar surface area (TPSA) is 24.9 Å². The zero-order valence-electron chi connectivity index (χ0n) is 12.0. The van der Waals surface area contributed by atoms with Crippen molar-refractivity contribution in [1.29, 1.82) is 0 Å². The molecule has 2 heterocycles. The minimum Gasteiger partial charge on any atom is -0.304 e. The third-order valence-corrected chi connectivity index (χ3v) is 6.34. The second kappa shape index (κ2) is 6.44. The molecule has 6 heteroatoms. The summed E-state index contributed by atoms with van der Waals surface area (Å²) in [6.07, 6.45) is 0. The van der Waals surface area contributed by atoms with E-state index in [0.29, 0.717) is 0 Å². The average Bonchev–Trinajstić information content (AvgIpc) is 2.94. The van der Waals surface area contributed by atoms with Crippen LogP contribution in [-0.2, 0) is 5.41 Å². The van der Waals surface area contributed by atoms with Crippen molar-refractivity contribution in [1.82, 2.24) is 10.3 Å². The summed E-state index contributed by atoms with van der Waals surface area (Å²) in [5.41, 5.74) is 1.22. The molecule has 110 valence electrons. The fraction of sp³-hybridized carbons (Fsp3) is 0.500. The number of halogens is 2. The zero-order chi connectivity index (χ0) is 14.9. The average molecular weight is 394 g/mol. The van der Waals surface area contributed by atoms with Gasteiger partial charge in [-0.15, -0.1) is 22.7 Å². The molecule has 0 bridgehead atoms. The van der Waals surface area contributed by atoms with E-state index in [0.717, 1.165) is 26.1 Å². The lowest BCUT2D eigenvalue weighted by molar-refractivity contribution is 0.563. The molecule has 0 aromatic carbocycles. The monoisotopic (exact) mass is 392 g/mol. The molecule has 0 fully saturated rings. The van der Waals surface area contributed by atoms with Crippen LogP contribution in [0.4, 0.5) is 0 Å². The van der Waals surface area contributed by atoms with Crippen LogP contribution < -0.4 is 5.32 Å². The Morgan fingerprint density at radius 3 is 2.60 bits per heavy atom. The van der Waals surface area contributed by atoms with E-state index in [2.05, 4.69) is 60.4 Å². The van der Waals surface area contributed by atoms with Crippen LogP contribution in [0.2, 0.25) is 4.34 Å². The molecule has 0 saturated carbocycles. The quantitative estimate of drug-likeness (QED) is 0.729. The minimum atomic E-state index is 0.0825. The molecule has 2 rings (SSSR count). The predicted octanol–water partition coefficient (Wildman–Crippen LogP) is 5.62. The molecule has 0 spiro atoms. The Bertz CT molecular complexity index is 567. The third-order valence-electron chi connectivity index (χ3n) is 2.89. The maximum absolute atomic E-state index is 6.17. The van der Waals surface area contributed by atoms with E-state index in [9.17, 15) is 0 Å². The van der Waals surface area contributed by atoms with Crippen LogP contribution in [0, 0.1) is 0 Å². The van der Waals surface area contributed by atoms with Crippen LogP contribution in [0.5, 0.6) is 0 Å². The first-order chi connectivity index (χ1) is 9.32. The van der Waals surface area contributed by atoms with Crippen LogP contribution in [-0.4, -0.2) is 11.5 Å². The number of rotatable bonds is 4. The Kier molecular flexibility index (Phi) is 5.29. The number of nitrogens with zero attached hydrogens (tertiary/aromatic N) is 1. The van der Waals surface area contributed by atoms with Crippen LogP contribution in [0.3, 0.4) is 0 Å². The summed E-state index contributed by atoms with van der Waals surface area (Å²) < 4.78 is 1.74. The summed E-state index contributed by atoms with van der Waals surface area (Å²) in [4.78, 5) is 6.01. The molecule has 20 heavy (non-hydrogen) atoms. The van der Waals surface area contributed by atoms with Crippen molar-refractivity contribution in [2.24, 2.45) is 0 Å². The molecular weight excluding hydrogens is 376 g/mol. The van der Waals surface area contributed by atoms with Crippen molar-refractivity contribution < 1.29 is 0 Å². The Hall–Kier alpha value is 0.0600. The van der Waals surface area contributed by atoms with Crippen LogP contribution >= 0.6 is 50.2 Å². The molecule has 0 aliphatic carbocycles. The second-order valence-electron chi connectivity index (χ2n) is 5.58. The minimum absolute atomic E-state index is 0.0825. The van der Waals surface area contributed by atoms with Crippen molar-refractivity contribution >= 4 is 50.2 Å². The van der Waals surface area contributed by atoms with Crippen LogP contribution in [0.25, 0.3) is 0 Å². The van der Waals surface area contributed by atoms with E-state index < -0.39 is 0 Å². The van der Waals surface area contributed by atoms with Crippen molar-refractivity contribution in [3.05, 3.63) is 35.8 Å². The van der Waals surface area contributed by atoms with Crippen molar-refractivity contribution in [3.8, 4) is 0 Å². The van der Waals surface area contributed by atoms with E-state index >= 15 is 0 Å². The molecule has 2 nitrogen and oxygen atoms in total. The first-order valence-corrected chi connectivity index (χ1v) is 9.33. The number of hydrogen-bond donors (Lipinski definition) is 1. The van der Waals surface area contributed by atoms with Gasteiger partial charge in [0.15, 0.2) is 0 Å². The molecule has 2 aromatic rings. The molecule has 0 aliphatic heterocycles.